The average Bonchev–Trinajstić information content (AvgIpc) is 2.90. The Hall–Kier alpha value is -2.46. The van der Waals surface area contributed by atoms with E-state index in [4.69, 9.17) is 0 Å². The molecule has 10 heteroatoms. The fraction of sp³-hybridized carbons (Fsp3) is 0.500. The maximum atomic E-state index is 11.7. The Kier molecular flexibility index (Phi) is 4.43. The van der Waals surface area contributed by atoms with Crippen molar-refractivity contribution in [3.8, 4) is 0 Å². The first-order valence-electron chi connectivity index (χ1n) is 6.55. The number of aromatic amines is 2. The lowest BCUT2D eigenvalue weighted by molar-refractivity contribution is -0.147. The molecule has 0 saturated carbocycles. The van der Waals surface area contributed by atoms with Gasteiger partial charge < -0.3 is 19.9 Å². The van der Waals surface area contributed by atoms with E-state index in [-0.39, 0.29) is 23.6 Å². The van der Waals surface area contributed by atoms with E-state index in [2.05, 4.69) is 19.7 Å². The molecule has 0 bridgehead atoms. The number of ether oxygens (including phenoxy) is 1. The second kappa shape index (κ2) is 6.12. The van der Waals surface area contributed by atoms with Crippen molar-refractivity contribution in [2.75, 3.05) is 6.61 Å². The van der Waals surface area contributed by atoms with E-state index < -0.39 is 35.8 Å². The molecule has 2 atom stereocenters. The van der Waals surface area contributed by atoms with Gasteiger partial charge in [-0.25, -0.2) is 9.78 Å². The predicted molar refractivity (Wildman–Crippen MR) is 74.2 cm³/mol. The number of hydrogen-bond acceptors (Lipinski definition) is 7. The first-order chi connectivity index (χ1) is 10.3. The van der Waals surface area contributed by atoms with Gasteiger partial charge in [-0.15, -0.1) is 0 Å². The molecule has 0 saturated heterocycles. The van der Waals surface area contributed by atoms with Crippen LogP contribution in [0.3, 0.4) is 0 Å². The maximum absolute atomic E-state index is 11.7. The van der Waals surface area contributed by atoms with E-state index in [0.29, 0.717) is 0 Å². The summed E-state index contributed by atoms with van der Waals surface area (Å²) in [5.74, 6) is -0.797. The molecule has 0 radical (unpaired) electrons. The van der Waals surface area contributed by atoms with Crippen molar-refractivity contribution in [1.82, 2.24) is 19.5 Å². The summed E-state index contributed by atoms with van der Waals surface area (Å²) in [7, 11) is 1.40. The van der Waals surface area contributed by atoms with Crippen molar-refractivity contribution in [3.05, 3.63) is 26.7 Å². The van der Waals surface area contributed by atoms with E-state index in [1.165, 1.54) is 7.05 Å². The largest absolute Gasteiger partial charge is 0.466 e. The lowest BCUT2D eigenvalue weighted by atomic mass is 10.1. The predicted octanol–water partition coefficient (Wildman–Crippen LogP) is -1.70. The number of aromatic nitrogens is 4. The second-order valence-corrected chi connectivity index (χ2v) is 4.66. The normalized spacial score (nSPS) is 14.0. The molecule has 2 aromatic rings. The quantitative estimate of drug-likeness (QED) is 0.480. The lowest BCUT2D eigenvalue weighted by Gasteiger charge is -2.14. The van der Waals surface area contributed by atoms with Gasteiger partial charge in [-0.05, 0) is 6.92 Å². The number of rotatable bonds is 5. The van der Waals surface area contributed by atoms with Crippen molar-refractivity contribution < 1.29 is 19.7 Å². The topological polar surface area (TPSA) is 150 Å². The van der Waals surface area contributed by atoms with Gasteiger partial charge in [0.25, 0.3) is 5.56 Å². The van der Waals surface area contributed by atoms with Crippen LogP contribution >= 0.6 is 0 Å². The Labute approximate surface area is 123 Å². The third-order valence-electron chi connectivity index (χ3n) is 3.10. The number of hydrogen-bond donors (Lipinski definition) is 4. The molecule has 2 rings (SSSR count). The molecule has 2 aromatic heterocycles. The highest BCUT2D eigenvalue weighted by atomic mass is 16.5. The molecule has 0 aromatic carbocycles. The van der Waals surface area contributed by atoms with Crippen LogP contribution in [0.25, 0.3) is 11.2 Å². The highest BCUT2D eigenvalue weighted by molar-refractivity contribution is 5.71. The third kappa shape index (κ3) is 2.92. The zero-order valence-electron chi connectivity index (χ0n) is 12.0. The molecule has 4 N–H and O–H groups in total. The molecule has 22 heavy (non-hydrogen) atoms. The van der Waals surface area contributed by atoms with Gasteiger partial charge in [0.15, 0.2) is 5.65 Å². The van der Waals surface area contributed by atoms with Crippen LogP contribution in [-0.2, 0) is 16.6 Å². The van der Waals surface area contributed by atoms with Crippen LogP contribution in [0.5, 0.6) is 0 Å². The molecular weight excluding hydrogens is 296 g/mol. The number of imidazole rings is 1. The van der Waals surface area contributed by atoms with Gasteiger partial charge in [-0.2, -0.15) is 0 Å². The molecule has 120 valence electrons. The van der Waals surface area contributed by atoms with Gasteiger partial charge in [0.1, 0.15) is 17.4 Å². The fourth-order valence-corrected chi connectivity index (χ4v) is 1.95. The first-order valence-corrected chi connectivity index (χ1v) is 6.55. The number of H-pyrrole nitrogens is 2. The molecular formula is C12H16N4O6. The van der Waals surface area contributed by atoms with E-state index >= 15 is 0 Å². The summed E-state index contributed by atoms with van der Waals surface area (Å²) >= 11 is 0. The standard InChI is InChI=1S/C12H16N4O6/c1-3-22-6(18)4-5(17)8(19)9-13-7-10(14-9)16(2)12(21)15-11(7)20/h5,8,17,19H,3-4H2,1-2H3,(H,13,14)(H,15,20,21). The number of nitrogens with zero attached hydrogens (tertiary/aromatic N) is 2. The van der Waals surface area contributed by atoms with Crippen LogP contribution in [0, 0.1) is 0 Å². The van der Waals surface area contributed by atoms with Gasteiger partial charge in [0.05, 0.1) is 19.1 Å². The summed E-state index contributed by atoms with van der Waals surface area (Å²) in [5, 5.41) is 19.8. The minimum Gasteiger partial charge on any atom is -0.466 e. The number of carbonyl (C=O) groups excluding carboxylic acids is 1. The van der Waals surface area contributed by atoms with Gasteiger partial charge in [-0.1, -0.05) is 0 Å². The third-order valence-corrected chi connectivity index (χ3v) is 3.10. The Bertz CT molecular complexity index is 804. The first kappa shape index (κ1) is 15.9. The van der Waals surface area contributed by atoms with Gasteiger partial charge in [0.2, 0.25) is 0 Å². The van der Waals surface area contributed by atoms with Gasteiger partial charge >= 0.3 is 11.7 Å². The monoisotopic (exact) mass is 312 g/mol. The molecule has 0 aliphatic rings. The van der Waals surface area contributed by atoms with Crippen LogP contribution in [0.1, 0.15) is 25.3 Å². The Morgan fingerprint density at radius 1 is 1.36 bits per heavy atom. The molecule has 2 unspecified atom stereocenters. The lowest BCUT2D eigenvalue weighted by Crippen LogP contribution is -2.28. The average molecular weight is 312 g/mol. The Morgan fingerprint density at radius 3 is 2.68 bits per heavy atom. The Balaban J connectivity index is 2.33. The second-order valence-electron chi connectivity index (χ2n) is 4.66. The number of aliphatic hydroxyl groups is 2. The minimum absolute atomic E-state index is 0.0144. The van der Waals surface area contributed by atoms with E-state index in [9.17, 15) is 24.6 Å². The highest BCUT2D eigenvalue weighted by Crippen LogP contribution is 2.18. The maximum Gasteiger partial charge on any atom is 0.329 e. The molecule has 0 fully saturated rings. The summed E-state index contributed by atoms with van der Waals surface area (Å²) in [6, 6.07) is 0. The van der Waals surface area contributed by atoms with Crippen LogP contribution in [0.2, 0.25) is 0 Å². The number of aryl methyl sites for hydroxylation is 1. The minimum atomic E-state index is -1.54. The van der Waals surface area contributed by atoms with Crippen molar-refractivity contribution in [1.29, 1.82) is 0 Å². The van der Waals surface area contributed by atoms with Crippen LogP contribution in [0.15, 0.2) is 9.59 Å². The number of carbonyl (C=O) groups is 1. The zero-order valence-corrected chi connectivity index (χ0v) is 12.0. The van der Waals surface area contributed by atoms with Gasteiger partial charge in [0, 0.05) is 7.05 Å². The molecule has 0 spiro atoms. The summed E-state index contributed by atoms with van der Waals surface area (Å²) in [6.07, 6.45) is -3.43. The van der Waals surface area contributed by atoms with Crippen LogP contribution in [0.4, 0.5) is 0 Å². The number of esters is 1. The number of nitrogens with one attached hydrogen (secondary N) is 2. The molecule has 0 aliphatic carbocycles. The SMILES string of the molecule is CCOC(=O)CC(O)C(O)c1nc2c([nH]1)c(=O)[nH]c(=O)n2C. The summed E-state index contributed by atoms with van der Waals surface area (Å²) < 4.78 is 5.75. The molecule has 2 heterocycles. The number of fused-ring (bicyclic) bond motifs is 1. The molecule has 0 aliphatic heterocycles. The van der Waals surface area contributed by atoms with Gasteiger partial charge in [-0.3, -0.25) is 19.1 Å². The molecule has 0 amide bonds. The van der Waals surface area contributed by atoms with Crippen molar-refractivity contribution in [3.63, 3.8) is 0 Å². The Morgan fingerprint density at radius 2 is 2.05 bits per heavy atom. The van der Waals surface area contributed by atoms with Crippen LogP contribution < -0.4 is 11.2 Å². The van der Waals surface area contributed by atoms with E-state index in [0.717, 1.165) is 4.57 Å². The molecule has 10 nitrogen and oxygen atoms in total. The van der Waals surface area contributed by atoms with E-state index in [1.807, 2.05) is 0 Å². The fourth-order valence-electron chi connectivity index (χ4n) is 1.95. The van der Waals surface area contributed by atoms with Crippen LogP contribution in [-0.4, -0.2) is 48.4 Å². The van der Waals surface area contributed by atoms with Crippen molar-refractivity contribution in [2.45, 2.75) is 25.6 Å². The summed E-state index contributed by atoms with van der Waals surface area (Å²) in [6.45, 7) is 1.77. The number of aliphatic hydroxyl groups excluding tert-OH is 2. The summed E-state index contributed by atoms with van der Waals surface area (Å²) in [4.78, 5) is 43.0. The smallest absolute Gasteiger partial charge is 0.329 e. The highest BCUT2D eigenvalue weighted by Gasteiger charge is 2.26. The zero-order chi connectivity index (χ0) is 16.4. The van der Waals surface area contributed by atoms with E-state index in [1.54, 1.807) is 6.92 Å². The van der Waals surface area contributed by atoms with Crippen molar-refractivity contribution in [2.24, 2.45) is 7.05 Å². The summed E-state index contributed by atoms with van der Waals surface area (Å²) in [5.41, 5.74) is -1.33. The van der Waals surface area contributed by atoms with Crippen molar-refractivity contribution >= 4 is 17.1 Å².